The van der Waals surface area contributed by atoms with E-state index in [4.69, 9.17) is 4.98 Å². The van der Waals surface area contributed by atoms with E-state index in [0.29, 0.717) is 12.4 Å². The van der Waals surface area contributed by atoms with Crippen LogP contribution in [0.25, 0.3) is 10.2 Å². The minimum absolute atomic E-state index is 0.0785. The van der Waals surface area contributed by atoms with Crippen LogP contribution in [0.2, 0.25) is 0 Å². The molecule has 0 spiro atoms. The van der Waals surface area contributed by atoms with Crippen molar-refractivity contribution in [1.29, 1.82) is 0 Å². The first kappa shape index (κ1) is 23.6. The number of carbonyl (C=O) groups is 1. The van der Waals surface area contributed by atoms with Crippen LogP contribution in [0.4, 0.5) is 5.69 Å². The maximum absolute atomic E-state index is 13.9. The molecule has 1 unspecified atom stereocenters. The summed E-state index contributed by atoms with van der Waals surface area (Å²) in [5.41, 5.74) is 4.02. The Morgan fingerprint density at radius 3 is 2.67 bits per heavy atom. The maximum atomic E-state index is 13.9. The fourth-order valence-corrected chi connectivity index (χ4v) is 5.93. The second-order valence-electron chi connectivity index (χ2n) is 8.97. The molecule has 0 aliphatic heterocycles. The van der Waals surface area contributed by atoms with Crippen molar-refractivity contribution in [2.45, 2.75) is 72.9 Å². The minimum atomic E-state index is -0.668. The van der Waals surface area contributed by atoms with Gasteiger partial charge in [0.1, 0.15) is 16.7 Å². The smallest absolute Gasteiger partial charge is 0.263 e. The van der Waals surface area contributed by atoms with E-state index in [-0.39, 0.29) is 11.5 Å². The third-order valence-electron chi connectivity index (χ3n) is 6.98. The lowest BCUT2D eigenvalue weighted by Gasteiger charge is -2.24. The molecule has 33 heavy (non-hydrogen) atoms. The first-order valence-corrected chi connectivity index (χ1v) is 12.8. The van der Waals surface area contributed by atoms with E-state index < -0.39 is 6.04 Å². The topological polar surface area (TPSA) is 67.2 Å². The number of anilines is 1. The van der Waals surface area contributed by atoms with Gasteiger partial charge in [0.15, 0.2) is 0 Å². The zero-order valence-electron chi connectivity index (χ0n) is 20.3. The summed E-state index contributed by atoms with van der Waals surface area (Å²) in [6.45, 7) is 12.3. The molecule has 7 heteroatoms. The fraction of sp³-hybridized carbons (Fsp3) is 0.500. The molecule has 4 rings (SSSR count). The highest BCUT2D eigenvalue weighted by Crippen LogP contribution is 2.34. The Hall–Kier alpha value is -2.51. The lowest BCUT2D eigenvalue weighted by atomic mass is 9.97. The molecule has 0 bridgehead atoms. The number of hydrogen-bond donors (Lipinski definition) is 1. The quantitative estimate of drug-likeness (QED) is 0.532. The molecule has 176 valence electrons. The van der Waals surface area contributed by atoms with Gasteiger partial charge in [-0.1, -0.05) is 26.0 Å². The second kappa shape index (κ2) is 9.77. The Morgan fingerprint density at radius 2 is 1.94 bits per heavy atom. The Balaban J connectivity index is 1.80. The predicted molar refractivity (Wildman–Crippen MR) is 136 cm³/mol. The number of nitrogens with zero attached hydrogens (tertiary/aromatic N) is 3. The van der Waals surface area contributed by atoms with Gasteiger partial charge in [0.25, 0.3) is 5.56 Å². The fourth-order valence-electron chi connectivity index (χ4n) is 4.66. The molecule has 1 N–H and O–H groups in total. The average molecular weight is 467 g/mol. The molecule has 0 fully saturated rings. The molecule has 1 aliphatic rings. The number of aromatic nitrogens is 2. The molecule has 2 heterocycles. The van der Waals surface area contributed by atoms with Crippen molar-refractivity contribution in [1.82, 2.24) is 14.5 Å². The predicted octanol–water partition coefficient (Wildman–Crippen LogP) is 5.00. The van der Waals surface area contributed by atoms with E-state index in [0.717, 1.165) is 71.4 Å². The Kier molecular flexibility index (Phi) is 7.00. The zero-order valence-corrected chi connectivity index (χ0v) is 21.1. The van der Waals surface area contributed by atoms with Crippen LogP contribution in [-0.2, 0) is 24.2 Å². The molecule has 1 aliphatic carbocycles. The van der Waals surface area contributed by atoms with Gasteiger partial charge in [0, 0.05) is 10.6 Å². The van der Waals surface area contributed by atoms with E-state index in [1.165, 1.54) is 4.88 Å². The summed E-state index contributed by atoms with van der Waals surface area (Å²) in [7, 11) is 0. The van der Waals surface area contributed by atoms with Gasteiger partial charge in [-0.25, -0.2) is 4.98 Å². The number of benzene rings is 1. The van der Waals surface area contributed by atoms with Crippen molar-refractivity contribution in [2.75, 3.05) is 18.4 Å². The van der Waals surface area contributed by atoms with E-state index in [2.05, 4.69) is 24.1 Å². The highest BCUT2D eigenvalue weighted by Gasteiger charge is 2.27. The van der Waals surface area contributed by atoms with Crippen LogP contribution in [0.15, 0.2) is 23.0 Å². The number of fused-ring (bicyclic) bond motifs is 3. The van der Waals surface area contributed by atoms with E-state index in [9.17, 15) is 9.59 Å². The number of hydrogen-bond acceptors (Lipinski definition) is 5. The Morgan fingerprint density at radius 1 is 1.21 bits per heavy atom. The molecule has 0 saturated carbocycles. The first-order valence-electron chi connectivity index (χ1n) is 12.0. The van der Waals surface area contributed by atoms with Gasteiger partial charge in [-0.05, 0) is 82.3 Å². The van der Waals surface area contributed by atoms with Gasteiger partial charge in [0.05, 0.1) is 11.9 Å². The van der Waals surface area contributed by atoms with Crippen molar-refractivity contribution in [3.63, 3.8) is 0 Å². The number of aryl methyl sites for hydroxylation is 3. The van der Waals surface area contributed by atoms with Gasteiger partial charge in [-0.3, -0.25) is 19.1 Å². The summed E-state index contributed by atoms with van der Waals surface area (Å²) >= 11 is 1.66. The molecular weight excluding hydrogens is 432 g/mol. The van der Waals surface area contributed by atoms with Gasteiger partial charge >= 0.3 is 0 Å². The van der Waals surface area contributed by atoms with Gasteiger partial charge in [0.2, 0.25) is 5.91 Å². The monoisotopic (exact) mass is 466 g/mol. The number of thiophene rings is 1. The highest BCUT2D eigenvalue weighted by atomic mass is 32.1. The third-order valence-corrected chi connectivity index (χ3v) is 8.17. The number of amides is 1. The van der Waals surface area contributed by atoms with Crippen molar-refractivity contribution >= 4 is 33.1 Å². The first-order chi connectivity index (χ1) is 15.8. The van der Waals surface area contributed by atoms with Crippen LogP contribution in [0.5, 0.6) is 0 Å². The number of rotatable bonds is 7. The summed E-state index contributed by atoms with van der Waals surface area (Å²) in [6, 6.07) is 5.20. The summed E-state index contributed by atoms with van der Waals surface area (Å²) in [6.07, 6.45) is 4.20. The largest absolute Gasteiger partial charge is 0.324 e. The van der Waals surface area contributed by atoms with Crippen LogP contribution in [-0.4, -0.2) is 33.4 Å². The standard InChI is InChI=1S/C26H34N4O2S/c1-6-29(7-2)15-22-28-25-23(19-12-8-9-14-21(19)33-25)26(32)30(22)18(5)24(31)27-20-13-10-11-16(3)17(20)4/h10-11,13,18H,6-9,12,14-15H2,1-5H3,(H,27,31). The normalized spacial score (nSPS) is 14.5. The number of nitrogens with one attached hydrogen (secondary N) is 1. The van der Waals surface area contributed by atoms with E-state index in [1.807, 2.05) is 32.0 Å². The van der Waals surface area contributed by atoms with E-state index in [1.54, 1.807) is 22.8 Å². The van der Waals surface area contributed by atoms with Crippen molar-refractivity contribution in [2.24, 2.45) is 0 Å². The summed E-state index contributed by atoms with van der Waals surface area (Å²) in [5.74, 6) is 0.468. The zero-order chi connectivity index (χ0) is 23.7. The molecule has 2 aromatic heterocycles. The van der Waals surface area contributed by atoms with Gasteiger partial charge < -0.3 is 5.32 Å². The lowest BCUT2D eigenvalue weighted by Crippen LogP contribution is -2.37. The van der Waals surface area contributed by atoms with Gasteiger partial charge in [-0.2, -0.15) is 0 Å². The maximum Gasteiger partial charge on any atom is 0.263 e. The molecule has 1 aromatic carbocycles. The lowest BCUT2D eigenvalue weighted by molar-refractivity contribution is -0.119. The molecule has 6 nitrogen and oxygen atoms in total. The molecular formula is C26H34N4O2S. The summed E-state index contributed by atoms with van der Waals surface area (Å²) in [5, 5.41) is 3.78. The van der Waals surface area contributed by atoms with Crippen LogP contribution in [0.1, 0.15) is 67.0 Å². The SMILES string of the molecule is CCN(CC)Cc1nc2sc3c(c2c(=O)n1C(C)C(=O)Nc1cccc(C)c1C)CCCC3. The van der Waals surface area contributed by atoms with Crippen LogP contribution >= 0.6 is 11.3 Å². The summed E-state index contributed by atoms with van der Waals surface area (Å²) in [4.78, 5) is 36.6. The second-order valence-corrected chi connectivity index (χ2v) is 10.1. The summed E-state index contributed by atoms with van der Waals surface area (Å²) < 4.78 is 1.64. The molecule has 0 saturated heterocycles. The van der Waals surface area contributed by atoms with Crippen molar-refractivity contribution < 1.29 is 4.79 Å². The van der Waals surface area contributed by atoms with Gasteiger partial charge in [-0.15, -0.1) is 11.3 Å². The molecule has 1 atom stereocenters. The van der Waals surface area contributed by atoms with Crippen LogP contribution in [0, 0.1) is 13.8 Å². The molecule has 3 aromatic rings. The number of carbonyl (C=O) groups excluding carboxylic acids is 1. The van der Waals surface area contributed by atoms with E-state index >= 15 is 0 Å². The minimum Gasteiger partial charge on any atom is -0.324 e. The Labute approximate surface area is 199 Å². The molecule has 1 amide bonds. The highest BCUT2D eigenvalue weighted by molar-refractivity contribution is 7.18. The Bertz CT molecular complexity index is 1240. The van der Waals surface area contributed by atoms with Crippen molar-refractivity contribution in [3.05, 3.63) is 55.9 Å². The van der Waals surface area contributed by atoms with Crippen molar-refractivity contribution in [3.8, 4) is 0 Å². The average Bonchev–Trinajstić information content (AvgIpc) is 3.18. The van der Waals surface area contributed by atoms with Crippen LogP contribution in [0.3, 0.4) is 0 Å². The third kappa shape index (κ3) is 4.49. The van der Waals surface area contributed by atoms with Crippen LogP contribution < -0.4 is 10.9 Å². The molecule has 0 radical (unpaired) electrons.